The molecule has 1 aromatic heterocycles. The molecule has 3 nitrogen and oxygen atoms in total. The lowest BCUT2D eigenvalue weighted by Gasteiger charge is -2.08. The third kappa shape index (κ3) is 2.44. The number of hydrogen-bond acceptors (Lipinski definition) is 2. The summed E-state index contributed by atoms with van der Waals surface area (Å²) < 4.78 is 5.26. The number of nitrogens with zero attached hydrogens (tertiary/aromatic N) is 1. The number of methoxy groups -OCH3 is 1. The molecule has 0 bridgehead atoms. The first-order valence-corrected chi connectivity index (χ1v) is 5.91. The van der Waals surface area contributed by atoms with Crippen LogP contribution in [0, 0.1) is 6.92 Å². The van der Waals surface area contributed by atoms with Crippen LogP contribution in [-0.4, -0.2) is 37.6 Å². The van der Waals surface area contributed by atoms with Gasteiger partial charge in [0.1, 0.15) is 5.75 Å². The number of aromatic nitrogens is 1. The second-order valence-corrected chi connectivity index (χ2v) is 4.69. The van der Waals surface area contributed by atoms with Crippen molar-refractivity contribution in [2.75, 3.05) is 27.7 Å². The molecule has 1 heterocycles. The minimum atomic E-state index is 0.916. The number of benzene rings is 1. The molecule has 0 saturated carbocycles. The summed E-state index contributed by atoms with van der Waals surface area (Å²) in [6.07, 6.45) is 1.05. The van der Waals surface area contributed by atoms with Crippen LogP contribution in [0.15, 0.2) is 18.2 Å². The molecule has 0 saturated heterocycles. The average Bonchev–Trinajstić information content (AvgIpc) is 2.63. The van der Waals surface area contributed by atoms with E-state index in [2.05, 4.69) is 43.0 Å². The quantitative estimate of drug-likeness (QED) is 0.877. The van der Waals surface area contributed by atoms with E-state index in [0.29, 0.717) is 0 Å². The predicted octanol–water partition coefficient (Wildman–Crippen LogP) is 2.59. The molecule has 0 atom stereocenters. The highest BCUT2D eigenvalue weighted by atomic mass is 16.5. The smallest absolute Gasteiger partial charge is 0.119 e. The average molecular weight is 232 g/mol. The largest absolute Gasteiger partial charge is 0.497 e. The normalized spacial score (nSPS) is 11.4. The fraction of sp³-hybridized carbons (Fsp3) is 0.429. The zero-order valence-electron chi connectivity index (χ0n) is 11.0. The topological polar surface area (TPSA) is 28.3 Å². The lowest BCUT2D eigenvalue weighted by molar-refractivity contribution is 0.412. The van der Waals surface area contributed by atoms with Crippen molar-refractivity contribution in [3.63, 3.8) is 0 Å². The Bertz CT molecular complexity index is 514. The molecule has 3 heteroatoms. The van der Waals surface area contributed by atoms with Crippen molar-refractivity contribution >= 4 is 10.9 Å². The molecule has 0 radical (unpaired) electrons. The SMILES string of the molecule is COc1ccc2[nH]c(CCN(C)C)c(C)c2c1. The highest BCUT2D eigenvalue weighted by molar-refractivity contribution is 5.85. The van der Waals surface area contributed by atoms with E-state index in [1.54, 1.807) is 7.11 Å². The first kappa shape index (κ1) is 12.0. The van der Waals surface area contributed by atoms with E-state index in [9.17, 15) is 0 Å². The van der Waals surface area contributed by atoms with Crippen molar-refractivity contribution in [1.82, 2.24) is 9.88 Å². The van der Waals surface area contributed by atoms with Gasteiger partial charge in [-0.2, -0.15) is 0 Å². The monoisotopic (exact) mass is 232 g/mol. The molecule has 0 fully saturated rings. The van der Waals surface area contributed by atoms with Gasteiger partial charge in [-0.1, -0.05) is 0 Å². The Morgan fingerprint density at radius 3 is 2.71 bits per heavy atom. The van der Waals surface area contributed by atoms with Crippen LogP contribution < -0.4 is 4.74 Å². The van der Waals surface area contributed by atoms with E-state index in [1.165, 1.54) is 22.2 Å². The number of nitrogens with one attached hydrogen (secondary N) is 1. The van der Waals surface area contributed by atoms with Crippen molar-refractivity contribution < 1.29 is 4.74 Å². The molecule has 2 rings (SSSR count). The van der Waals surface area contributed by atoms with Gasteiger partial charge in [0.15, 0.2) is 0 Å². The zero-order chi connectivity index (χ0) is 12.4. The number of aryl methyl sites for hydroxylation is 1. The Hall–Kier alpha value is -1.48. The standard InChI is InChI=1S/C14H20N2O/c1-10-12-9-11(17-4)5-6-14(12)15-13(10)7-8-16(2)3/h5-6,9,15H,7-8H2,1-4H3. The minimum Gasteiger partial charge on any atom is -0.497 e. The Kier molecular flexibility index (Phi) is 3.38. The number of rotatable bonds is 4. The lowest BCUT2D eigenvalue weighted by atomic mass is 10.1. The van der Waals surface area contributed by atoms with Crippen molar-refractivity contribution in [2.24, 2.45) is 0 Å². The summed E-state index contributed by atoms with van der Waals surface area (Å²) in [4.78, 5) is 5.69. The van der Waals surface area contributed by atoms with Gasteiger partial charge in [0.2, 0.25) is 0 Å². The van der Waals surface area contributed by atoms with Crippen LogP contribution in [0.25, 0.3) is 10.9 Å². The first-order valence-electron chi connectivity index (χ1n) is 5.91. The van der Waals surface area contributed by atoms with Crippen molar-refractivity contribution in [2.45, 2.75) is 13.3 Å². The molecule has 0 spiro atoms. The third-order valence-corrected chi connectivity index (χ3v) is 3.18. The maximum atomic E-state index is 5.26. The molecule has 17 heavy (non-hydrogen) atoms. The summed E-state index contributed by atoms with van der Waals surface area (Å²) in [7, 11) is 5.90. The van der Waals surface area contributed by atoms with Gasteiger partial charge in [-0.3, -0.25) is 0 Å². The maximum Gasteiger partial charge on any atom is 0.119 e. The van der Waals surface area contributed by atoms with Crippen molar-refractivity contribution in [3.05, 3.63) is 29.5 Å². The highest BCUT2D eigenvalue weighted by Gasteiger charge is 2.08. The predicted molar refractivity (Wildman–Crippen MR) is 71.8 cm³/mol. The fourth-order valence-corrected chi connectivity index (χ4v) is 2.07. The summed E-state index contributed by atoms with van der Waals surface area (Å²) in [6.45, 7) is 3.23. The van der Waals surface area contributed by atoms with E-state index in [1.807, 2.05) is 6.07 Å². The molecule has 0 aliphatic heterocycles. The van der Waals surface area contributed by atoms with Gasteiger partial charge in [-0.05, 0) is 44.8 Å². The van der Waals surface area contributed by atoms with Crippen LogP contribution in [0.5, 0.6) is 5.75 Å². The molecule has 92 valence electrons. The van der Waals surface area contributed by atoms with Crippen LogP contribution in [0.1, 0.15) is 11.3 Å². The Balaban J connectivity index is 2.35. The van der Waals surface area contributed by atoms with Crippen LogP contribution in [0.3, 0.4) is 0 Å². The van der Waals surface area contributed by atoms with Crippen molar-refractivity contribution in [1.29, 1.82) is 0 Å². The second kappa shape index (κ2) is 4.80. The van der Waals surface area contributed by atoms with E-state index in [0.717, 1.165) is 18.7 Å². The third-order valence-electron chi connectivity index (χ3n) is 3.18. The molecule has 1 aromatic carbocycles. The van der Waals surface area contributed by atoms with Gasteiger partial charge in [-0.15, -0.1) is 0 Å². The Morgan fingerprint density at radius 1 is 1.29 bits per heavy atom. The summed E-state index contributed by atoms with van der Waals surface area (Å²) in [5.41, 5.74) is 3.85. The maximum absolute atomic E-state index is 5.26. The van der Waals surface area contributed by atoms with Gasteiger partial charge in [0.25, 0.3) is 0 Å². The highest BCUT2D eigenvalue weighted by Crippen LogP contribution is 2.26. The van der Waals surface area contributed by atoms with Gasteiger partial charge in [-0.25, -0.2) is 0 Å². The number of hydrogen-bond donors (Lipinski definition) is 1. The van der Waals surface area contributed by atoms with E-state index in [4.69, 9.17) is 4.74 Å². The second-order valence-electron chi connectivity index (χ2n) is 4.69. The summed E-state index contributed by atoms with van der Waals surface area (Å²) in [5, 5.41) is 1.26. The summed E-state index contributed by atoms with van der Waals surface area (Å²) >= 11 is 0. The number of aromatic amines is 1. The molecule has 0 amide bonds. The molecule has 0 aliphatic rings. The van der Waals surface area contributed by atoms with Crippen LogP contribution in [0.2, 0.25) is 0 Å². The molecule has 1 N–H and O–H groups in total. The van der Waals surface area contributed by atoms with E-state index < -0.39 is 0 Å². The number of H-pyrrole nitrogens is 1. The Labute approximate surface area is 102 Å². The minimum absolute atomic E-state index is 0.916. The lowest BCUT2D eigenvalue weighted by Crippen LogP contribution is -2.15. The van der Waals surface area contributed by atoms with E-state index >= 15 is 0 Å². The molecule has 0 unspecified atom stereocenters. The van der Waals surface area contributed by atoms with Gasteiger partial charge < -0.3 is 14.6 Å². The van der Waals surface area contributed by atoms with E-state index in [-0.39, 0.29) is 0 Å². The van der Waals surface area contributed by atoms with Crippen molar-refractivity contribution in [3.8, 4) is 5.75 Å². The van der Waals surface area contributed by atoms with Crippen LogP contribution in [0.4, 0.5) is 0 Å². The number of fused-ring (bicyclic) bond motifs is 1. The van der Waals surface area contributed by atoms with Gasteiger partial charge in [0.05, 0.1) is 7.11 Å². The van der Waals surface area contributed by atoms with Crippen LogP contribution >= 0.6 is 0 Å². The number of ether oxygens (including phenoxy) is 1. The zero-order valence-corrected chi connectivity index (χ0v) is 11.0. The molecule has 0 aliphatic carbocycles. The Morgan fingerprint density at radius 2 is 2.06 bits per heavy atom. The molecular formula is C14H20N2O. The fourth-order valence-electron chi connectivity index (χ4n) is 2.07. The van der Waals surface area contributed by atoms with Gasteiger partial charge >= 0.3 is 0 Å². The first-order chi connectivity index (χ1) is 8.11. The summed E-state index contributed by atoms with van der Waals surface area (Å²) in [6, 6.07) is 6.18. The summed E-state index contributed by atoms with van der Waals surface area (Å²) in [5.74, 6) is 0.916. The van der Waals surface area contributed by atoms with Gasteiger partial charge in [0, 0.05) is 29.6 Å². The molecular weight excluding hydrogens is 212 g/mol. The molecule has 2 aromatic rings. The number of likely N-dealkylation sites (N-methyl/N-ethyl adjacent to an activating group) is 1. The van der Waals surface area contributed by atoms with Crippen LogP contribution in [-0.2, 0) is 6.42 Å².